The summed E-state index contributed by atoms with van der Waals surface area (Å²) in [6.07, 6.45) is 4.09. The van der Waals surface area contributed by atoms with Gasteiger partial charge in [-0.1, -0.05) is 36.4 Å². The molecule has 0 saturated carbocycles. The highest BCUT2D eigenvalue weighted by atomic mass is 32.2. The van der Waals surface area contributed by atoms with Crippen LogP contribution >= 0.6 is 0 Å². The number of benzene rings is 3. The zero-order valence-corrected chi connectivity index (χ0v) is 18.1. The van der Waals surface area contributed by atoms with E-state index < -0.39 is 14.9 Å². The van der Waals surface area contributed by atoms with Gasteiger partial charge in [-0.15, -0.1) is 5.10 Å². The predicted molar refractivity (Wildman–Crippen MR) is 125 cm³/mol. The Morgan fingerprint density at radius 1 is 1.00 bits per heavy atom. The fourth-order valence-electron chi connectivity index (χ4n) is 3.39. The first-order chi connectivity index (χ1) is 15.3. The number of aromatic nitrogens is 1. The van der Waals surface area contributed by atoms with Crippen LogP contribution in [0.1, 0.15) is 5.56 Å². The third-order valence-corrected chi connectivity index (χ3v) is 6.49. The number of nitro groups is 1. The highest BCUT2D eigenvalue weighted by Crippen LogP contribution is 2.32. The van der Waals surface area contributed by atoms with Crippen molar-refractivity contribution in [2.45, 2.75) is 4.90 Å². The molecule has 0 saturated heterocycles. The molecule has 162 valence electrons. The van der Waals surface area contributed by atoms with Crippen LogP contribution in [0.4, 0.5) is 5.69 Å². The van der Waals surface area contributed by atoms with E-state index in [1.54, 1.807) is 31.1 Å². The summed E-state index contributed by atoms with van der Waals surface area (Å²) in [6, 6.07) is 16.6. The Hall–Kier alpha value is -4.05. The summed E-state index contributed by atoms with van der Waals surface area (Å²) in [4.78, 5) is 12.8. The zero-order chi connectivity index (χ0) is 22.9. The first kappa shape index (κ1) is 21.2. The summed E-state index contributed by atoms with van der Waals surface area (Å²) in [5, 5.41) is 21.2. The van der Waals surface area contributed by atoms with Crippen LogP contribution in [0.15, 0.2) is 82.0 Å². The third kappa shape index (κ3) is 3.83. The van der Waals surface area contributed by atoms with Gasteiger partial charge in [-0.3, -0.25) is 10.1 Å². The largest absolute Gasteiger partial charge is 0.367 e. The minimum atomic E-state index is -4.04. The topological polar surface area (TPSA) is 110 Å². The Morgan fingerprint density at radius 3 is 2.47 bits per heavy atom. The van der Waals surface area contributed by atoms with Crippen molar-refractivity contribution in [2.75, 3.05) is 14.1 Å². The lowest BCUT2D eigenvalue weighted by Crippen LogP contribution is -2.11. The van der Waals surface area contributed by atoms with Gasteiger partial charge in [0.05, 0.1) is 26.9 Å². The molecule has 0 aliphatic carbocycles. The Kier molecular flexibility index (Phi) is 5.45. The fraction of sp³-hybridized carbons (Fsp3) is 0.0909. The van der Waals surface area contributed by atoms with E-state index >= 15 is 0 Å². The second kappa shape index (κ2) is 8.23. The van der Waals surface area contributed by atoms with Crippen molar-refractivity contribution in [3.8, 4) is 0 Å². The van der Waals surface area contributed by atoms with Gasteiger partial charge < -0.3 is 4.90 Å². The van der Waals surface area contributed by atoms with E-state index in [9.17, 15) is 18.5 Å². The first-order valence-corrected chi connectivity index (χ1v) is 11.0. The second-order valence-corrected chi connectivity index (χ2v) is 9.08. The molecular formula is C22H19N5O4S. The van der Waals surface area contributed by atoms with E-state index in [0.29, 0.717) is 0 Å². The smallest absolute Gasteiger partial charge is 0.279 e. The van der Waals surface area contributed by atoms with Crippen LogP contribution in [-0.4, -0.2) is 48.9 Å². The number of rotatable bonds is 6. The molecule has 0 aliphatic heterocycles. The molecule has 4 aromatic rings. The molecule has 4 rings (SSSR count). The molecule has 0 unspecified atom stereocenters. The van der Waals surface area contributed by atoms with Gasteiger partial charge in [-0.2, -0.15) is 5.10 Å². The zero-order valence-electron chi connectivity index (χ0n) is 17.3. The monoisotopic (exact) mass is 449 g/mol. The number of nitrogens with zero attached hydrogens (tertiary/aromatic N) is 5. The summed E-state index contributed by atoms with van der Waals surface area (Å²) < 4.78 is 28.1. The van der Waals surface area contributed by atoms with Crippen LogP contribution in [-0.2, 0) is 10.0 Å². The van der Waals surface area contributed by atoms with E-state index in [1.807, 2.05) is 24.3 Å². The third-order valence-electron chi connectivity index (χ3n) is 4.82. The molecule has 1 aromatic heterocycles. The molecule has 0 fully saturated rings. The van der Waals surface area contributed by atoms with Crippen molar-refractivity contribution in [3.05, 3.63) is 82.5 Å². The van der Waals surface area contributed by atoms with Gasteiger partial charge >= 0.3 is 0 Å². The summed E-state index contributed by atoms with van der Waals surface area (Å²) in [7, 11) is -0.498. The Balaban J connectivity index is 1.93. The molecule has 0 bridgehead atoms. The molecule has 32 heavy (non-hydrogen) atoms. The maximum Gasteiger partial charge on any atom is 0.279 e. The van der Waals surface area contributed by atoms with Crippen molar-refractivity contribution in [3.63, 3.8) is 0 Å². The number of non-ortho nitro benzene ring substituents is 1. The van der Waals surface area contributed by atoms with Gasteiger partial charge in [0.25, 0.3) is 15.7 Å². The summed E-state index contributed by atoms with van der Waals surface area (Å²) in [6.45, 7) is 0. The summed E-state index contributed by atoms with van der Waals surface area (Å²) >= 11 is 0. The van der Waals surface area contributed by atoms with Crippen molar-refractivity contribution >= 4 is 49.9 Å². The Bertz CT molecular complexity index is 1500. The van der Waals surface area contributed by atoms with E-state index in [1.165, 1.54) is 43.0 Å². The average Bonchev–Trinajstić information content (AvgIpc) is 3.15. The lowest BCUT2D eigenvalue weighted by molar-refractivity contribution is -0.383. The summed E-state index contributed by atoms with van der Waals surface area (Å²) in [5.74, 6) is 0. The van der Waals surface area contributed by atoms with Gasteiger partial charge in [-0.05, 0) is 29.0 Å². The SMILES string of the molecule is CN(C)/C=N/N=C/c1cn(S(=O)(=O)c2ccc3ccccc3c2)c2cccc([N+](=O)[O-])c12. The maximum absolute atomic E-state index is 13.5. The van der Waals surface area contributed by atoms with E-state index in [2.05, 4.69) is 10.2 Å². The maximum atomic E-state index is 13.5. The molecule has 0 spiro atoms. The molecule has 10 heteroatoms. The van der Waals surface area contributed by atoms with Crippen LogP contribution in [0.25, 0.3) is 21.7 Å². The van der Waals surface area contributed by atoms with Crippen molar-refractivity contribution in [1.29, 1.82) is 0 Å². The fourth-order valence-corrected chi connectivity index (χ4v) is 4.79. The van der Waals surface area contributed by atoms with Crippen LogP contribution in [0.3, 0.4) is 0 Å². The standard InChI is InChI=1S/C22H19N5O4S/c1-25(2)15-24-23-13-18-14-26(20-8-5-9-21(22(18)20)27(28)29)32(30,31)19-11-10-16-6-3-4-7-17(16)12-19/h3-15H,1-2H3/b23-13+,24-15+. The molecule has 0 atom stereocenters. The number of hydrogen-bond donors (Lipinski definition) is 0. The molecule has 3 aromatic carbocycles. The molecule has 9 nitrogen and oxygen atoms in total. The van der Waals surface area contributed by atoms with Crippen LogP contribution in [0, 0.1) is 10.1 Å². The minimum Gasteiger partial charge on any atom is -0.367 e. The number of hydrogen-bond acceptors (Lipinski definition) is 6. The normalized spacial score (nSPS) is 12.3. The van der Waals surface area contributed by atoms with E-state index in [-0.39, 0.29) is 27.0 Å². The molecule has 0 amide bonds. The van der Waals surface area contributed by atoms with E-state index in [0.717, 1.165) is 14.7 Å². The predicted octanol–water partition coefficient (Wildman–Crippen LogP) is 3.86. The van der Waals surface area contributed by atoms with Gasteiger partial charge in [0, 0.05) is 31.9 Å². The van der Waals surface area contributed by atoms with Gasteiger partial charge in [0.2, 0.25) is 0 Å². The van der Waals surface area contributed by atoms with Crippen LogP contribution in [0.5, 0.6) is 0 Å². The van der Waals surface area contributed by atoms with Gasteiger partial charge in [0.1, 0.15) is 6.34 Å². The Labute approximate surface area is 184 Å². The second-order valence-electron chi connectivity index (χ2n) is 7.26. The highest BCUT2D eigenvalue weighted by molar-refractivity contribution is 7.90. The number of fused-ring (bicyclic) bond motifs is 2. The first-order valence-electron chi connectivity index (χ1n) is 9.55. The van der Waals surface area contributed by atoms with Gasteiger partial charge in [0.15, 0.2) is 0 Å². The number of nitro benzene ring substituents is 1. The van der Waals surface area contributed by atoms with E-state index in [4.69, 9.17) is 0 Å². The molecule has 0 aliphatic rings. The summed E-state index contributed by atoms with van der Waals surface area (Å²) in [5.41, 5.74) is 0.242. The van der Waals surface area contributed by atoms with Crippen LogP contribution < -0.4 is 0 Å². The quantitative estimate of drug-likeness (QED) is 0.192. The van der Waals surface area contributed by atoms with Crippen molar-refractivity contribution in [2.24, 2.45) is 10.2 Å². The highest BCUT2D eigenvalue weighted by Gasteiger charge is 2.25. The minimum absolute atomic E-state index is 0.0775. The van der Waals surface area contributed by atoms with Crippen LogP contribution in [0.2, 0.25) is 0 Å². The average molecular weight is 449 g/mol. The molecular weight excluding hydrogens is 430 g/mol. The molecule has 0 N–H and O–H groups in total. The lowest BCUT2D eigenvalue weighted by atomic mass is 10.1. The molecule has 0 radical (unpaired) electrons. The Morgan fingerprint density at radius 2 is 1.75 bits per heavy atom. The van der Waals surface area contributed by atoms with Crippen molar-refractivity contribution in [1.82, 2.24) is 8.87 Å². The lowest BCUT2D eigenvalue weighted by Gasteiger charge is -2.08. The molecule has 1 heterocycles. The van der Waals surface area contributed by atoms with Crippen molar-refractivity contribution < 1.29 is 13.3 Å². The van der Waals surface area contributed by atoms with Gasteiger partial charge in [-0.25, -0.2) is 12.4 Å².